The predicted molar refractivity (Wildman–Crippen MR) is 75.5 cm³/mol. The SMILES string of the molecule is CCO[SiH](CC(F)(F)C(F)(F)C(F)(F)C(F)(F)C(F)(F)C(F)(F)C(C)F)OCC. The van der Waals surface area contributed by atoms with Gasteiger partial charge in [0.05, 0.1) is 6.04 Å². The van der Waals surface area contributed by atoms with E-state index in [0.717, 1.165) is 0 Å². The summed E-state index contributed by atoms with van der Waals surface area (Å²) in [5, 5.41) is 0. The minimum Gasteiger partial charge on any atom is -0.397 e. The van der Waals surface area contributed by atoms with E-state index in [1.807, 2.05) is 0 Å². The molecule has 0 aromatic rings. The van der Waals surface area contributed by atoms with Gasteiger partial charge in [0.15, 0.2) is 6.17 Å². The molecule has 1 atom stereocenters. The van der Waals surface area contributed by atoms with E-state index in [0.29, 0.717) is 0 Å². The van der Waals surface area contributed by atoms with Gasteiger partial charge in [0.2, 0.25) is 0 Å². The van der Waals surface area contributed by atoms with Crippen molar-refractivity contribution < 1.29 is 65.9 Å². The van der Waals surface area contributed by atoms with Crippen LogP contribution in [-0.2, 0) is 8.85 Å². The highest BCUT2D eigenvalue weighted by atomic mass is 28.3. The van der Waals surface area contributed by atoms with Crippen LogP contribution in [0.1, 0.15) is 20.8 Å². The Bertz CT molecular complexity index is 533. The summed E-state index contributed by atoms with van der Waals surface area (Å²) >= 11 is 0. The number of alkyl halides is 13. The van der Waals surface area contributed by atoms with Crippen LogP contribution in [0.4, 0.5) is 57.1 Å². The number of hydrogen-bond acceptors (Lipinski definition) is 2. The lowest BCUT2D eigenvalue weighted by Crippen LogP contribution is -2.71. The first-order chi connectivity index (χ1) is 12.7. The lowest BCUT2D eigenvalue weighted by Gasteiger charge is -2.41. The molecule has 0 rings (SSSR count). The van der Waals surface area contributed by atoms with Crippen LogP contribution >= 0.6 is 0 Å². The van der Waals surface area contributed by atoms with E-state index in [4.69, 9.17) is 0 Å². The number of rotatable bonds is 12. The molecular formula is C13H17F13O2Si. The summed E-state index contributed by atoms with van der Waals surface area (Å²) in [6.07, 6.45) is -4.21. The summed E-state index contributed by atoms with van der Waals surface area (Å²) in [6, 6.07) is -2.37. The Morgan fingerprint density at radius 3 is 1.31 bits per heavy atom. The van der Waals surface area contributed by atoms with Gasteiger partial charge in [-0.25, -0.2) is 4.39 Å². The van der Waals surface area contributed by atoms with E-state index in [2.05, 4.69) is 8.85 Å². The topological polar surface area (TPSA) is 18.5 Å². The Balaban J connectivity index is 6.23. The van der Waals surface area contributed by atoms with E-state index in [1.54, 1.807) is 0 Å². The summed E-state index contributed by atoms with van der Waals surface area (Å²) < 4.78 is 183. The molecule has 0 aliphatic carbocycles. The Kier molecular flexibility index (Phi) is 8.53. The van der Waals surface area contributed by atoms with Crippen LogP contribution in [0, 0.1) is 0 Å². The van der Waals surface area contributed by atoms with Crippen LogP contribution in [-0.4, -0.2) is 64.2 Å². The van der Waals surface area contributed by atoms with Gasteiger partial charge in [-0.1, -0.05) is 0 Å². The second kappa shape index (κ2) is 8.76. The zero-order valence-electron chi connectivity index (χ0n) is 15.0. The van der Waals surface area contributed by atoms with Gasteiger partial charge in [0.25, 0.3) is 0 Å². The molecule has 16 heteroatoms. The van der Waals surface area contributed by atoms with E-state index in [9.17, 15) is 57.1 Å². The summed E-state index contributed by atoms with van der Waals surface area (Å²) in [6.45, 7) is 1.04. The van der Waals surface area contributed by atoms with Crippen LogP contribution < -0.4 is 0 Å². The molecule has 0 N–H and O–H groups in total. The minimum absolute atomic E-state index is 0.427. The van der Waals surface area contributed by atoms with Crippen molar-refractivity contribution in [3.63, 3.8) is 0 Å². The van der Waals surface area contributed by atoms with E-state index in [-0.39, 0.29) is 0 Å². The molecule has 0 amide bonds. The first kappa shape index (κ1) is 28.2. The van der Waals surface area contributed by atoms with Crippen molar-refractivity contribution in [2.24, 2.45) is 0 Å². The lowest BCUT2D eigenvalue weighted by molar-refractivity contribution is -0.427. The molecule has 0 heterocycles. The predicted octanol–water partition coefficient (Wildman–Crippen LogP) is 5.45. The lowest BCUT2D eigenvalue weighted by atomic mass is 9.90. The van der Waals surface area contributed by atoms with Crippen LogP contribution in [0.5, 0.6) is 0 Å². The fourth-order valence-electron chi connectivity index (χ4n) is 1.96. The third kappa shape index (κ3) is 4.62. The van der Waals surface area contributed by atoms with Gasteiger partial charge in [-0.15, -0.1) is 0 Å². The van der Waals surface area contributed by atoms with E-state index in [1.165, 1.54) is 13.8 Å². The highest BCUT2D eigenvalue weighted by Crippen LogP contribution is 2.61. The van der Waals surface area contributed by atoms with Crippen LogP contribution in [0.3, 0.4) is 0 Å². The highest BCUT2D eigenvalue weighted by molar-refractivity contribution is 6.44. The molecule has 0 aliphatic rings. The first-order valence-corrected chi connectivity index (χ1v) is 9.59. The van der Waals surface area contributed by atoms with Gasteiger partial charge >= 0.3 is 44.8 Å². The first-order valence-electron chi connectivity index (χ1n) is 7.83. The summed E-state index contributed by atoms with van der Waals surface area (Å²) in [7, 11) is -3.88. The molecule has 0 bridgehead atoms. The third-order valence-corrected chi connectivity index (χ3v) is 5.95. The molecule has 0 spiro atoms. The molecule has 0 radical (unpaired) electrons. The van der Waals surface area contributed by atoms with Gasteiger partial charge in [0, 0.05) is 13.2 Å². The van der Waals surface area contributed by atoms with Crippen LogP contribution in [0.2, 0.25) is 6.04 Å². The number of halogens is 13. The maximum atomic E-state index is 13.8. The van der Waals surface area contributed by atoms with Crippen LogP contribution in [0.15, 0.2) is 0 Å². The van der Waals surface area contributed by atoms with E-state index < -0.39 is 77.2 Å². The molecule has 0 aliphatic heterocycles. The standard InChI is InChI=1S/C13H17F13O2Si/c1-4-27-29(28-5-2)6-8(15,16)10(19,20)12(23,24)13(25,26)11(21,22)9(17,18)7(3)14/h7,29H,4-6H2,1-3H3. The maximum absolute atomic E-state index is 13.8. The Hall–Kier alpha value is -0.773. The van der Waals surface area contributed by atoms with Crippen molar-refractivity contribution >= 4 is 9.28 Å². The highest BCUT2D eigenvalue weighted by Gasteiger charge is 2.90. The molecule has 2 nitrogen and oxygen atoms in total. The Morgan fingerprint density at radius 1 is 0.655 bits per heavy atom. The summed E-state index contributed by atoms with van der Waals surface area (Å²) in [5.74, 6) is -42.9. The summed E-state index contributed by atoms with van der Waals surface area (Å²) in [5.41, 5.74) is 0. The fraction of sp³-hybridized carbons (Fsp3) is 1.00. The second-order valence-corrected chi connectivity index (χ2v) is 7.72. The average Bonchev–Trinajstić information content (AvgIpc) is 2.53. The van der Waals surface area contributed by atoms with Crippen molar-refractivity contribution in [2.45, 2.75) is 68.5 Å². The fourth-order valence-corrected chi connectivity index (χ4v) is 3.71. The molecule has 0 saturated heterocycles. The molecule has 0 aromatic carbocycles. The molecule has 0 saturated carbocycles. The van der Waals surface area contributed by atoms with Crippen molar-refractivity contribution in [2.75, 3.05) is 13.2 Å². The van der Waals surface area contributed by atoms with Crippen LogP contribution in [0.25, 0.3) is 0 Å². The smallest absolute Gasteiger partial charge is 0.384 e. The minimum atomic E-state index is -7.77. The van der Waals surface area contributed by atoms with Gasteiger partial charge in [0.1, 0.15) is 0 Å². The monoisotopic (exact) mass is 480 g/mol. The van der Waals surface area contributed by atoms with Gasteiger partial charge in [-0.2, -0.15) is 52.7 Å². The molecule has 176 valence electrons. The summed E-state index contributed by atoms with van der Waals surface area (Å²) in [4.78, 5) is 0. The average molecular weight is 480 g/mol. The molecule has 29 heavy (non-hydrogen) atoms. The van der Waals surface area contributed by atoms with Gasteiger partial charge < -0.3 is 8.85 Å². The Morgan fingerprint density at radius 2 is 1.00 bits per heavy atom. The van der Waals surface area contributed by atoms with Gasteiger partial charge in [-0.3, -0.25) is 0 Å². The molecule has 0 aromatic heterocycles. The maximum Gasteiger partial charge on any atom is 0.384 e. The third-order valence-electron chi connectivity index (χ3n) is 3.69. The largest absolute Gasteiger partial charge is 0.397 e. The van der Waals surface area contributed by atoms with E-state index >= 15 is 0 Å². The Labute approximate surface area is 158 Å². The van der Waals surface area contributed by atoms with Gasteiger partial charge in [-0.05, 0) is 20.8 Å². The second-order valence-electron chi connectivity index (χ2n) is 5.79. The number of hydrogen-bond donors (Lipinski definition) is 0. The molecule has 1 unspecified atom stereocenters. The molecule has 0 fully saturated rings. The molecular weight excluding hydrogens is 463 g/mol. The van der Waals surface area contributed by atoms with Crippen molar-refractivity contribution in [3.05, 3.63) is 0 Å². The van der Waals surface area contributed by atoms with Crippen molar-refractivity contribution in [1.82, 2.24) is 0 Å². The van der Waals surface area contributed by atoms with Crippen molar-refractivity contribution in [3.8, 4) is 0 Å². The van der Waals surface area contributed by atoms with Crippen molar-refractivity contribution in [1.29, 1.82) is 0 Å². The normalized spacial score (nSPS) is 16.4. The zero-order valence-corrected chi connectivity index (χ0v) is 16.2. The quantitative estimate of drug-likeness (QED) is 0.273. The zero-order chi connectivity index (χ0) is 23.7.